The summed E-state index contributed by atoms with van der Waals surface area (Å²) >= 11 is 0. The standard InChI is InChI=1S/C27H27FN6O3/c1-15-13-31-32-16(2)25(15)17(3)37-23-11-19-21(12-22(23)35-5)34(24-8-6-7-9-36-24)33-26(19)18-10-20(29-4)27(28)30-14-18/h10-14,17,24H,6-9H2,1-3,5H3/t17-,24?/m1/s1. The van der Waals surface area contributed by atoms with Crippen molar-refractivity contribution in [3.05, 3.63) is 64.8 Å². The Hall–Kier alpha value is -4.10. The van der Waals surface area contributed by atoms with E-state index in [2.05, 4.69) is 20.0 Å². The maximum absolute atomic E-state index is 14.0. The van der Waals surface area contributed by atoms with Crippen molar-refractivity contribution in [3.8, 4) is 22.8 Å². The molecule has 0 bridgehead atoms. The number of aromatic nitrogens is 5. The molecule has 0 aliphatic carbocycles. The van der Waals surface area contributed by atoms with E-state index in [0.717, 1.165) is 47.0 Å². The fourth-order valence-corrected chi connectivity index (χ4v) is 4.86. The summed E-state index contributed by atoms with van der Waals surface area (Å²) in [6.07, 6.45) is 5.37. The van der Waals surface area contributed by atoms with Crippen molar-refractivity contribution < 1.29 is 18.6 Å². The Morgan fingerprint density at radius 2 is 2.03 bits per heavy atom. The number of pyridine rings is 1. The third-order valence-corrected chi connectivity index (χ3v) is 6.62. The van der Waals surface area contributed by atoms with Gasteiger partial charge >= 0.3 is 0 Å². The molecule has 5 rings (SSSR count). The summed E-state index contributed by atoms with van der Waals surface area (Å²) in [5, 5.41) is 13.8. The number of nitrogens with zero attached hydrogens (tertiary/aromatic N) is 6. The van der Waals surface area contributed by atoms with Crippen molar-refractivity contribution in [3.63, 3.8) is 0 Å². The Morgan fingerprint density at radius 3 is 2.73 bits per heavy atom. The molecule has 0 N–H and O–H groups in total. The van der Waals surface area contributed by atoms with Crippen molar-refractivity contribution in [2.45, 2.75) is 52.4 Å². The summed E-state index contributed by atoms with van der Waals surface area (Å²) in [6, 6.07) is 5.21. The zero-order valence-corrected chi connectivity index (χ0v) is 21.2. The minimum absolute atomic E-state index is 0.163. The highest BCUT2D eigenvalue weighted by Crippen LogP contribution is 2.41. The van der Waals surface area contributed by atoms with E-state index in [1.54, 1.807) is 13.3 Å². The molecule has 0 amide bonds. The molecule has 3 aromatic heterocycles. The van der Waals surface area contributed by atoms with Gasteiger partial charge in [-0.05, 0) is 57.7 Å². The Labute approximate surface area is 214 Å². The molecule has 1 unspecified atom stereocenters. The molecule has 0 spiro atoms. The van der Waals surface area contributed by atoms with Crippen LogP contribution < -0.4 is 9.47 Å². The first-order chi connectivity index (χ1) is 17.9. The summed E-state index contributed by atoms with van der Waals surface area (Å²) in [6.45, 7) is 13.8. The van der Waals surface area contributed by atoms with Crippen LogP contribution in [0, 0.1) is 26.4 Å². The van der Waals surface area contributed by atoms with Crippen LogP contribution in [0.5, 0.6) is 11.5 Å². The second kappa shape index (κ2) is 10.1. The first-order valence-corrected chi connectivity index (χ1v) is 12.1. The molecular formula is C27H27FN6O3. The van der Waals surface area contributed by atoms with Crippen molar-refractivity contribution in [2.24, 2.45) is 0 Å². The Kier molecular flexibility index (Phi) is 6.72. The van der Waals surface area contributed by atoms with Crippen LogP contribution in [0.4, 0.5) is 10.1 Å². The fourth-order valence-electron chi connectivity index (χ4n) is 4.86. The van der Waals surface area contributed by atoms with E-state index in [1.165, 1.54) is 12.3 Å². The van der Waals surface area contributed by atoms with Gasteiger partial charge in [0.05, 0.1) is 31.1 Å². The molecule has 1 saturated heterocycles. The van der Waals surface area contributed by atoms with E-state index >= 15 is 0 Å². The Bertz CT molecular complexity index is 1490. The van der Waals surface area contributed by atoms with Crippen LogP contribution in [0.15, 0.2) is 30.6 Å². The van der Waals surface area contributed by atoms with Gasteiger partial charge in [0.25, 0.3) is 0 Å². The number of methoxy groups -OCH3 is 1. The lowest BCUT2D eigenvalue weighted by atomic mass is 10.0. The van der Waals surface area contributed by atoms with Gasteiger partial charge in [0.15, 0.2) is 17.7 Å². The number of hydrogen-bond donors (Lipinski definition) is 0. The summed E-state index contributed by atoms with van der Waals surface area (Å²) in [7, 11) is 1.59. The minimum atomic E-state index is -0.811. The summed E-state index contributed by atoms with van der Waals surface area (Å²) in [4.78, 5) is 7.05. The second-order valence-electron chi connectivity index (χ2n) is 9.07. The van der Waals surface area contributed by atoms with Gasteiger partial charge in [-0.15, -0.1) is 0 Å². The van der Waals surface area contributed by atoms with E-state index < -0.39 is 5.95 Å². The van der Waals surface area contributed by atoms with Crippen molar-refractivity contribution >= 4 is 16.6 Å². The number of benzene rings is 1. The monoisotopic (exact) mass is 502 g/mol. The molecule has 0 radical (unpaired) electrons. The van der Waals surface area contributed by atoms with E-state index in [1.807, 2.05) is 37.6 Å². The third-order valence-electron chi connectivity index (χ3n) is 6.62. The molecule has 1 fully saturated rings. The smallest absolute Gasteiger partial charge is 0.241 e. The van der Waals surface area contributed by atoms with Crippen molar-refractivity contribution in [1.82, 2.24) is 25.0 Å². The van der Waals surface area contributed by atoms with Crippen LogP contribution in [0.2, 0.25) is 0 Å². The molecule has 2 atom stereocenters. The maximum atomic E-state index is 14.0. The topological polar surface area (TPSA) is 88.5 Å². The lowest BCUT2D eigenvalue weighted by molar-refractivity contribution is -0.0365. The molecule has 1 aliphatic heterocycles. The maximum Gasteiger partial charge on any atom is 0.241 e. The largest absolute Gasteiger partial charge is 0.493 e. The molecule has 10 heteroatoms. The van der Waals surface area contributed by atoms with E-state index in [9.17, 15) is 4.39 Å². The number of halogens is 1. The summed E-state index contributed by atoms with van der Waals surface area (Å²) in [5.41, 5.74) is 4.43. The average molecular weight is 503 g/mol. The quantitative estimate of drug-likeness (QED) is 0.234. The van der Waals surface area contributed by atoms with Gasteiger partial charge in [0, 0.05) is 35.4 Å². The van der Waals surface area contributed by atoms with E-state index in [4.69, 9.17) is 25.9 Å². The van der Waals surface area contributed by atoms with Gasteiger partial charge in [0.1, 0.15) is 11.8 Å². The highest BCUT2D eigenvalue weighted by Gasteiger charge is 2.25. The molecule has 37 heavy (non-hydrogen) atoms. The lowest BCUT2D eigenvalue weighted by Gasteiger charge is -2.24. The normalized spacial score (nSPS) is 16.4. The fraction of sp³-hybridized carbons (Fsp3) is 0.370. The molecule has 9 nitrogen and oxygen atoms in total. The van der Waals surface area contributed by atoms with Gasteiger partial charge in [-0.25, -0.2) is 14.5 Å². The first-order valence-electron chi connectivity index (χ1n) is 12.1. The lowest BCUT2D eigenvalue weighted by Crippen LogP contribution is -2.19. The van der Waals surface area contributed by atoms with Gasteiger partial charge in [-0.3, -0.25) is 0 Å². The predicted octanol–water partition coefficient (Wildman–Crippen LogP) is 6.04. The molecule has 190 valence electrons. The number of fused-ring (bicyclic) bond motifs is 1. The predicted molar refractivity (Wildman–Crippen MR) is 135 cm³/mol. The van der Waals surface area contributed by atoms with Gasteiger partial charge < -0.3 is 14.2 Å². The molecule has 4 aromatic rings. The first kappa shape index (κ1) is 24.6. The van der Waals surface area contributed by atoms with Gasteiger partial charge in [-0.1, -0.05) is 0 Å². The van der Waals surface area contributed by atoms with Crippen LogP contribution in [0.25, 0.3) is 27.0 Å². The molecule has 1 aromatic carbocycles. The average Bonchev–Trinajstić information content (AvgIpc) is 3.27. The highest BCUT2D eigenvalue weighted by molar-refractivity contribution is 5.96. The third kappa shape index (κ3) is 4.58. The summed E-state index contributed by atoms with van der Waals surface area (Å²) < 4.78 is 34.0. The van der Waals surface area contributed by atoms with Crippen LogP contribution in [0.1, 0.15) is 55.3 Å². The van der Waals surface area contributed by atoms with Crippen LogP contribution in [-0.4, -0.2) is 38.7 Å². The molecule has 1 aliphatic rings. The molecular weight excluding hydrogens is 475 g/mol. The number of aryl methyl sites for hydroxylation is 2. The SMILES string of the molecule is [C-]#[N+]c1cc(-c2nn(C3CCCCO3)c3cc(OC)c(O[C@H](C)c4c(C)cnnc4C)cc23)cnc1F. The molecule has 4 heterocycles. The highest BCUT2D eigenvalue weighted by atomic mass is 19.1. The second-order valence-corrected chi connectivity index (χ2v) is 9.07. The van der Waals surface area contributed by atoms with Crippen LogP contribution in [-0.2, 0) is 4.74 Å². The number of rotatable bonds is 6. The number of hydrogen-bond acceptors (Lipinski definition) is 7. The Morgan fingerprint density at radius 1 is 1.19 bits per heavy atom. The minimum Gasteiger partial charge on any atom is -0.493 e. The summed E-state index contributed by atoms with van der Waals surface area (Å²) in [5.74, 6) is 0.248. The van der Waals surface area contributed by atoms with Crippen LogP contribution in [0.3, 0.4) is 0 Å². The zero-order valence-electron chi connectivity index (χ0n) is 21.2. The Balaban J connectivity index is 1.67. The van der Waals surface area contributed by atoms with Crippen molar-refractivity contribution in [2.75, 3.05) is 13.7 Å². The van der Waals surface area contributed by atoms with Gasteiger partial charge in [-0.2, -0.15) is 19.7 Å². The number of ether oxygens (including phenoxy) is 3. The zero-order chi connectivity index (χ0) is 26.1. The van der Waals surface area contributed by atoms with Crippen LogP contribution >= 0.6 is 0 Å². The van der Waals surface area contributed by atoms with E-state index in [-0.39, 0.29) is 18.0 Å². The molecule has 0 saturated carbocycles. The van der Waals surface area contributed by atoms with Crippen molar-refractivity contribution in [1.29, 1.82) is 0 Å². The van der Waals surface area contributed by atoms with E-state index in [0.29, 0.717) is 29.4 Å². The van der Waals surface area contributed by atoms with Gasteiger partial charge in [0.2, 0.25) is 11.6 Å².